The molecule has 264 valence electrons. The van der Waals surface area contributed by atoms with E-state index in [1.807, 2.05) is 54.6 Å². The van der Waals surface area contributed by atoms with Crippen LogP contribution in [0.25, 0.3) is 0 Å². The summed E-state index contributed by atoms with van der Waals surface area (Å²) in [6.07, 6.45) is 11.6. The van der Waals surface area contributed by atoms with Crippen molar-refractivity contribution in [1.29, 1.82) is 0 Å². The fraction of sp³-hybridized carbons (Fsp3) is 0.537. The number of esters is 1. The average Bonchev–Trinajstić information content (AvgIpc) is 3.13. The molecule has 7 nitrogen and oxygen atoms in total. The number of unbranched alkanes of at least 4 members (excludes halogenated alkanes) is 8. The molecule has 3 rings (SSSR count). The molecule has 0 spiro atoms. The Bertz CT molecular complexity index is 1080. The summed E-state index contributed by atoms with van der Waals surface area (Å²) in [6, 6.07) is 31.0. The van der Waals surface area contributed by atoms with Crippen molar-refractivity contribution < 1.29 is 33.2 Å². The SMILES string of the molecule is CCCCCCCCCCCC(=O)OCCOCCOCCOCCOCCOC(c1ccccc1)(c1ccccc1)c1ccccc1. The molecule has 0 N–H and O–H groups in total. The van der Waals surface area contributed by atoms with Crippen molar-refractivity contribution in [3.63, 3.8) is 0 Å². The van der Waals surface area contributed by atoms with Gasteiger partial charge in [0.05, 0.1) is 59.5 Å². The van der Waals surface area contributed by atoms with Gasteiger partial charge in [-0.3, -0.25) is 4.79 Å². The molecule has 0 heterocycles. The molecule has 0 saturated heterocycles. The molecule has 0 saturated carbocycles. The van der Waals surface area contributed by atoms with Crippen LogP contribution in [0, 0.1) is 0 Å². The highest BCUT2D eigenvalue weighted by Gasteiger charge is 2.37. The van der Waals surface area contributed by atoms with E-state index in [2.05, 4.69) is 43.3 Å². The third-order valence-electron chi connectivity index (χ3n) is 8.18. The van der Waals surface area contributed by atoms with Gasteiger partial charge in [0, 0.05) is 6.42 Å². The Labute approximate surface area is 289 Å². The monoisotopic (exact) mass is 662 g/mol. The number of ether oxygens (including phenoxy) is 6. The Kier molecular flexibility index (Phi) is 21.2. The largest absolute Gasteiger partial charge is 0.463 e. The Morgan fingerprint density at radius 1 is 0.458 bits per heavy atom. The predicted molar refractivity (Wildman–Crippen MR) is 191 cm³/mol. The molecule has 0 aromatic heterocycles. The van der Waals surface area contributed by atoms with Crippen molar-refractivity contribution in [3.05, 3.63) is 108 Å². The molecule has 0 amide bonds. The summed E-state index contributed by atoms with van der Waals surface area (Å²) in [5.41, 5.74) is 2.46. The smallest absolute Gasteiger partial charge is 0.305 e. The van der Waals surface area contributed by atoms with Crippen LogP contribution in [0.2, 0.25) is 0 Å². The Morgan fingerprint density at radius 2 is 0.812 bits per heavy atom. The number of benzene rings is 3. The van der Waals surface area contributed by atoms with Gasteiger partial charge in [-0.05, 0) is 23.1 Å². The molecule has 3 aromatic rings. The lowest BCUT2D eigenvalue weighted by Gasteiger charge is -2.36. The van der Waals surface area contributed by atoms with Crippen LogP contribution in [0.4, 0.5) is 0 Å². The van der Waals surface area contributed by atoms with E-state index in [1.165, 1.54) is 44.9 Å². The maximum absolute atomic E-state index is 11.9. The summed E-state index contributed by atoms with van der Waals surface area (Å²) in [5.74, 6) is -0.133. The van der Waals surface area contributed by atoms with E-state index in [-0.39, 0.29) is 12.6 Å². The molecule has 7 heteroatoms. The van der Waals surface area contributed by atoms with Crippen molar-refractivity contribution in [3.8, 4) is 0 Å². The van der Waals surface area contributed by atoms with E-state index in [4.69, 9.17) is 28.4 Å². The first-order chi connectivity index (χ1) is 23.8. The van der Waals surface area contributed by atoms with Crippen LogP contribution in [-0.4, -0.2) is 72.0 Å². The van der Waals surface area contributed by atoms with Crippen molar-refractivity contribution in [2.75, 3.05) is 66.1 Å². The van der Waals surface area contributed by atoms with Gasteiger partial charge in [-0.2, -0.15) is 0 Å². The lowest BCUT2D eigenvalue weighted by atomic mass is 9.80. The molecule has 0 aliphatic heterocycles. The zero-order valence-corrected chi connectivity index (χ0v) is 29.2. The van der Waals surface area contributed by atoms with E-state index in [0.29, 0.717) is 65.9 Å². The maximum atomic E-state index is 11.9. The second-order valence-corrected chi connectivity index (χ2v) is 11.9. The fourth-order valence-corrected chi connectivity index (χ4v) is 5.65. The zero-order chi connectivity index (χ0) is 33.8. The van der Waals surface area contributed by atoms with Crippen LogP contribution in [0.3, 0.4) is 0 Å². The van der Waals surface area contributed by atoms with Gasteiger partial charge < -0.3 is 28.4 Å². The second kappa shape index (κ2) is 25.9. The van der Waals surface area contributed by atoms with E-state index >= 15 is 0 Å². The highest BCUT2D eigenvalue weighted by molar-refractivity contribution is 5.69. The van der Waals surface area contributed by atoms with Crippen molar-refractivity contribution in [1.82, 2.24) is 0 Å². The van der Waals surface area contributed by atoms with Crippen LogP contribution in [-0.2, 0) is 38.8 Å². The Morgan fingerprint density at radius 3 is 1.23 bits per heavy atom. The number of carbonyl (C=O) groups excluding carboxylic acids is 1. The molecule has 0 radical (unpaired) electrons. The lowest BCUT2D eigenvalue weighted by molar-refractivity contribution is -0.145. The highest BCUT2D eigenvalue weighted by atomic mass is 16.6. The molecule has 0 fully saturated rings. The maximum Gasteiger partial charge on any atom is 0.305 e. The molecule has 0 unspecified atom stereocenters. The quantitative estimate of drug-likeness (QED) is 0.0419. The highest BCUT2D eigenvalue weighted by Crippen LogP contribution is 2.40. The van der Waals surface area contributed by atoms with E-state index in [0.717, 1.165) is 29.5 Å². The van der Waals surface area contributed by atoms with Gasteiger partial charge in [0.15, 0.2) is 0 Å². The number of rotatable bonds is 29. The standard InChI is InChI=1S/C41H58O7/c1-2-3-4-5-6-7-8-9-19-26-40(42)47-35-33-45-31-29-43-27-28-44-30-32-46-34-36-48-41(37-20-13-10-14-21-37,38-22-15-11-16-23-38)39-24-17-12-18-25-39/h10-18,20-25H,2-9,19,26-36H2,1H3. The first-order valence-electron chi connectivity index (χ1n) is 18.0. The summed E-state index contributed by atoms with van der Waals surface area (Å²) in [6.45, 7) is 6.61. The minimum absolute atomic E-state index is 0.133. The molecule has 0 atom stereocenters. The topological polar surface area (TPSA) is 72.5 Å². The summed E-state index contributed by atoms with van der Waals surface area (Å²) in [7, 11) is 0. The van der Waals surface area contributed by atoms with Gasteiger partial charge in [-0.15, -0.1) is 0 Å². The van der Waals surface area contributed by atoms with Crippen LogP contribution in [0.5, 0.6) is 0 Å². The third-order valence-corrected chi connectivity index (χ3v) is 8.18. The Balaban J connectivity index is 1.17. The van der Waals surface area contributed by atoms with E-state index < -0.39 is 5.60 Å². The molecule has 0 aliphatic carbocycles. The normalized spacial score (nSPS) is 11.5. The van der Waals surface area contributed by atoms with Gasteiger partial charge in [0.2, 0.25) is 0 Å². The number of hydrogen-bond acceptors (Lipinski definition) is 7. The van der Waals surface area contributed by atoms with Crippen molar-refractivity contribution in [2.24, 2.45) is 0 Å². The number of carbonyl (C=O) groups is 1. The molecule has 48 heavy (non-hydrogen) atoms. The van der Waals surface area contributed by atoms with Crippen molar-refractivity contribution in [2.45, 2.75) is 76.7 Å². The first kappa shape index (κ1) is 39.4. The van der Waals surface area contributed by atoms with Gasteiger partial charge in [0.1, 0.15) is 12.2 Å². The molecule has 0 bridgehead atoms. The lowest BCUT2D eigenvalue weighted by Crippen LogP contribution is -2.34. The predicted octanol–water partition coefficient (Wildman–Crippen LogP) is 8.53. The molecule has 3 aromatic carbocycles. The van der Waals surface area contributed by atoms with Crippen molar-refractivity contribution >= 4 is 5.97 Å². The van der Waals surface area contributed by atoms with Gasteiger partial charge in [0.25, 0.3) is 0 Å². The van der Waals surface area contributed by atoms with Gasteiger partial charge in [-0.25, -0.2) is 0 Å². The third kappa shape index (κ3) is 15.4. The zero-order valence-electron chi connectivity index (χ0n) is 29.2. The minimum atomic E-state index is -0.748. The summed E-state index contributed by atoms with van der Waals surface area (Å²) >= 11 is 0. The summed E-state index contributed by atoms with van der Waals surface area (Å²) in [4.78, 5) is 11.9. The average molecular weight is 663 g/mol. The first-order valence-corrected chi connectivity index (χ1v) is 18.0. The summed E-state index contributed by atoms with van der Waals surface area (Å²) < 4.78 is 34.5. The molecular formula is C41H58O7. The molecule has 0 aliphatic rings. The van der Waals surface area contributed by atoms with Crippen LogP contribution in [0.15, 0.2) is 91.0 Å². The number of hydrogen-bond donors (Lipinski definition) is 0. The Hall–Kier alpha value is -3.07. The van der Waals surface area contributed by atoms with E-state index in [1.54, 1.807) is 0 Å². The van der Waals surface area contributed by atoms with Crippen LogP contribution >= 0.6 is 0 Å². The van der Waals surface area contributed by atoms with Gasteiger partial charge >= 0.3 is 5.97 Å². The second-order valence-electron chi connectivity index (χ2n) is 11.9. The van der Waals surface area contributed by atoms with E-state index in [9.17, 15) is 4.79 Å². The fourth-order valence-electron chi connectivity index (χ4n) is 5.65. The summed E-state index contributed by atoms with van der Waals surface area (Å²) in [5, 5.41) is 0. The molecular weight excluding hydrogens is 604 g/mol. The van der Waals surface area contributed by atoms with Crippen LogP contribution < -0.4 is 0 Å². The minimum Gasteiger partial charge on any atom is -0.463 e. The van der Waals surface area contributed by atoms with Gasteiger partial charge in [-0.1, -0.05) is 149 Å². The van der Waals surface area contributed by atoms with Crippen LogP contribution in [0.1, 0.15) is 87.8 Å².